The maximum atomic E-state index is 8.79. The Balaban J connectivity index is 2.25. The van der Waals surface area contributed by atoms with E-state index in [4.69, 9.17) is 9.84 Å². The molecule has 3 heteroatoms. The molecule has 0 aromatic heterocycles. The van der Waals surface area contributed by atoms with Crippen LogP contribution in [0.3, 0.4) is 0 Å². The zero-order valence-electron chi connectivity index (χ0n) is 10.9. The van der Waals surface area contributed by atoms with Crippen LogP contribution in [0.15, 0.2) is 0 Å². The SMILES string of the molecule is CC(CCCO)NC1CCOC(C(C)C)C1. The number of nitrogens with one attached hydrogen (secondary N) is 1. The van der Waals surface area contributed by atoms with Gasteiger partial charge in [-0.25, -0.2) is 0 Å². The van der Waals surface area contributed by atoms with E-state index in [1.54, 1.807) is 0 Å². The molecule has 96 valence electrons. The second kappa shape index (κ2) is 7.25. The third-order valence-electron chi connectivity index (χ3n) is 3.37. The molecule has 3 atom stereocenters. The molecule has 0 aromatic rings. The zero-order chi connectivity index (χ0) is 12.0. The van der Waals surface area contributed by atoms with Crippen molar-refractivity contribution in [1.29, 1.82) is 0 Å². The summed E-state index contributed by atoms with van der Waals surface area (Å²) in [4.78, 5) is 0. The number of aliphatic hydroxyl groups excluding tert-OH is 1. The van der Waals surface area contributed by atoms with Crippen molar-refractivity contribution in [2.45, 2.75) is 64.6 Å². The highest BCUT2D eigenvalue weighted by Gasteiger charge is 2.25. The van der Waals surface area contributed by atoms with Gasteiger partial charge in [0.25, 0.3) is 0 Å². The first-order valence-corrected chi connectivity index (χ1v) is 6.62. The number of hydrogen-bond donors (Lipinski definition) is 2. The molecule has 0 spiro atoms. The Bertz CT molecular complexity index is 185. The molecular weight excluding hydrogens is 202 g/mol. The van der Waals surface area contributed by atoms with Gasteiger partial charge in [-0.05, 0) is 38.5 Å². The molecule has 3 unspecified atom stereocenters. The van der Waals surface area contributed by atoms with Crippen molar-refractivity contribution in [1.82, 2.24) is 5.32 Å². The summed E-state index contributed by atoms with van der Waals surface area (Å²) in [6, 6.07) is 1.10. The summed E-state index contributed by atoms with van der Waals surface area (Å²) in [6.45, 7) is 7.83. The Kier molecular flexibility index (Phi) is 6.32. The molecule has 1 heterocycles. The fourth-order valence-corrected chi connectivity index (χ4v) is 2.33. The fourth-order valence-electron chi connectivity index (χ4n) is 2.33. The van der Waals surface area contributed by atoms with Gasteiger partial charge in [-0.15, -0.1) is 0 Å². The van der Waals surface area contributed by atoms with Crippen LogP contribution in [-0.2, 0) is 4.74 Å². The molecule has 1 saturated heterocycles. The molecular formula is C13H27NO2. The van der Waals surface area contributed by atoms with Gasteiger partial charge < -0.3 is 15.2 Å². The van der Waals surface area contributed by atoms with Gasteiger partial charge in [-0.3, -0.25) is 0 Å². The fraction of sp³-hybridized carbons (Fsp3) is 1.00. The standard InChI is InChI=1S/C13H27NO2/c1-10(2)13-9-12(6-8-16-13)14-11(3)5-4-7-15/h10-15H,4-9H2,1-3H3. The van der Waals surface area contributed by atoms with E-state index >= 15 is 0 Å². The number of ether oxygens (including phenoxy) is 1. The highest BCUT2D eigenvalue weighted by Crippen LogP contribution is 2.20. The maximum Gasteiger partial charge on any atom is 0.0612 e. The minimum Gasteiger partial charge on any atom is -0.396 e. The van der Waals surface area contributed by atoms with E-state index in [2.05, 4.69) is 26.1 Å². The van der Waals surface area contributed by atoms with Crippen molar-refractivity contribution in [3.8, 4) is 0 Å². The molecule has 0 saturated carbocycles. The highest BCUT2D eigenvalue weighted by molar-refractivity contribution is 4.80. The third kappa shape index (κ3) is 4.81. The van der Waals surface area contributed by atoms with Gasteiger partial charge in [0.1, 0.15) is 0 Å². The summed E-state index contributed by atoms with van der Waals surface area (Å²) in [6.07, 6.45) is 4.61. The van der Waals surface area contributed by atoms with Crippen molar-refractivity contribution in [3.63, 3.8) is 0 Å². The molecule has 0 amide bonds. The molecule has 1 aliphatic rings. The maximum absolute atomic E-state index is 8.79. The van der Waals surface area contributed by atoms with Crippen LogP contribution in [0, 0.1) is 5.92 Å². The lowest BCUT2D eigenvalue weighted by molar-refractivity contribution is -0.0258. The largest absolute Gasteiger partial charge is 0.396 e. The molecule has 1 fully saturated rings. The average molecular weight is 229 g/mol. The van der Waals surface area contributed by atoms with E-state index in [-0.39, 0.29) is 0 Å². The second-order valence-electron chi connectivity index (χ2n) is 5.31. The zero-order valence-corrected chi connectivity index (χ0v) is 10.9. The quantitative estimate of drug-likeness (QED) is 0.731. The average Bonchev–Trinajstić information content (AvgIpc) is 2.26. The molecule has 0 aromatic carbocycles. The van der Waals surface area contributed by atoms with E-state index in [1.807, 2.05) is 0 Å². The van der Waals surface area contributed by atoms with Crippen molar-refractivity contribution in [2.24, 2.45) is 5.92 Å². The minimum absolute atomic E-state index is 0.300. The summed E-state index contributed by atoms with van der Waals surface area (Å²) in [5, 5.41) is 12.4. The number of aliphatic hydroxyl groups is 1. The molecule has 1 rings (SSSR count). The molecule has 2 N–H and O–H groups in total. The van der Waals surface area contributed by atoms with Crippen LogP contribution in [-0.4, -0.2) is 36.5 Å². The van der Waals surface area contributed by atoms with Crippen LogP contribution in [0.5, 0.6) is 0 Å². The molecule has 1 aliphatic heterocycles. The van der Waals surface area contributed by atoms with Crippen LogP contribution >= 0.6 is 0 Å². The van der Waals surface area contributed by atoms with Crippen LogP contribution in [0.1, 0.15) is 46.5 Å². The Morgan fingerprint density at radius 2 is 2.12 bits per heavy atom. The topological polar surface area (TPSA) is 41.5 Å². The predicted molar refractivity (Wildman–Crippen MR) is 66.5 cm³/mol. The van der Waals surface area contributed by atoms with Gasteiger partial charge in [0, 0.05) is 25.3 Å². The van der Waals surface area contributed by atoms with Crippen molar-refractivity contribution >= 4 is 0 Å². The minimum atomic E-state index is 0.300. The van der Waals surface area contributed by atoms with E-state index < -0.39 is 0 Å². The second-order valence-corrected chi connectivity index (χ2v) is 5.31. The van der Waals surface area contributed by atoms with Gasteiger partial charge in [0.05, 0.1) is 6.10 Å². The Morgan fingerprint density at radius 1 is 1.38 bits per heavy atom. The summed E-state index contributed by atoms with van der Waals surface area (Å²) < 4.78 is 5.75. The lowest BCUT2D eigenvalue weighted by Crippen LogP contribution is -2.44. The van der Waals surface area contributed by atoms with Crippen LogP contribution < -0.4 is 5.32 Å². The third-order valence-corrected chi connectivity index (χ3v) is 3.37. The van der Waals surface area contributed by atoms with Crippen molar-refractivity contribution in [2.75, 3.05) is 13.2 Å². The lowest BCUT2D eigenvalue weighted by atomic mass is 9.94. The normalized spacial score (nSPS) is 28.3. The first kappa shape index (κ1) is 13.9. The predicted octanol–water partition coefficient (Wildman–Crippen LogP) is 1.94. The van der Waals surface area contributed by atoms with Gasteiger partial charge in [-0.2, -0.15) is 0 Å². The van der Waals surface area contributed by atoms with E-state index in [9.17, 15) is 0 Å². The van der Waals surface area contributed by atoms with E-state index in [1.165, 1.54) is 0 Å². The van der Waals surface area contributed by atoms with Gasteiger partial charge in [0.2, 0.25) is 0 Å². The van der Waals surface area contributed by atoms with Crippen LogP contribution in [0.25, 0.3) is 0 Å². The Morgan fingerprint density at radius 3 is 2.75 bits per heavy atom. The monoisotopic (exact) mass is 229 g/mol. The van der Waals surface area contributed by atoms with Crippen LogP contribution in [0.2, 0.25) is 0 Å². The Labute approximate surface area is 99.6 Å². The summed E-state index contributed by atoms with van der Waals surface area (Å²) in [5.74, 6) is 0.609. The van der Waals surface area contributed by atoms with Gasteiger partial charge in [-0.1, -0.05) is 13.8 Å². The molecule has 0 aliphatic carbocycles. The summed E-state index contributed by atoms with van der Waals surface area (Å²) >= 11 is 0. The Hall–Kier alpha value is -0.120. The number of hydrogen-bond acceptors (Lipinski definition) is 3. The first-order chi connectivity index (χ1) is 7.63. The van der Waals surface area contributed by atoms with Gasteiger partial charge in [0.15, 0.2) is 0 Å². The van der Waals surface area contributed by atoms with E-state index in [0.29, 0.717) is 30.7 Å². The first-order valence-electron chi connectivity index (χ1n) is 6.62. The molecule has 3 nitrogen and oxygen atoms in total. The summed E-state index contributed by atoms with van der Waals surface area (Å²) in [5.41, 5.74) is 0. The molecule has 0 radical (unpaired) electrons. The van der Waals surface area contributed by atoms with Crippen molar-refractivity contribution < 1.29 is 9.84 Å². The van der Waals surface area contributed by atoms with Crippen molar-refractivity contribution in [3.05, 3.63) is 0 Å². The molecule has 16 heavy (non-hydrogen) atoms. The number of rotatable bonds is 6. The highest BCUT2D eigenvalue weighted by atomic mass is 16.5. The van der Waals surface area contributed by atoms with Gasteiger partial charge >= 0.3 is 0 Å². The van der Waals surface area contributed by atoms with Crippen LogP contribution in [0.4, 0.5) is 0 Å². The smallest absolute Gasteiger partial charge is 0.0612 e. The van der Waals surface area contributed by atoms with E-state index in [0.717, 1.165) is 32.3 Å². The lowest BCUT2D eigenvalue weighted by Gasteiger charge is -2.34. The summed E-state index contributed by atoms with van der Waals surface area (Å²) in [7, 11) is 0. The molecule has 0 bridgehead atoms.